The van der Waals surface area contributed by atoms with Crippen LogP contribution in [-0.2, 0) is 14.8 Å². The monoisotopic (exact) mass is 415 g/mol. The Labute approximate surface area is 171 Å². The Morgan fingerprint density at radius 2 is 1.79 bits per heavy atom. The molecule has 0 atom stereocenters. The first-order valence-electron chi connectivity index (χ1n) is 9.67. The van der Waals surface area contributed by atoms with Gasteiger partial charge in [0.2, 0.25) is 5.91 Å². The number of rotatable bonds is 8. The summed E-state index contributed by atoms with van der Waals surface area (Å²) in [5.74, 6) is -0.125. The number of amides is 2. The number of benzene rings is 2. The summed E-state index contributed by atoms with van der Waals surface area (Å²) in [6.07, 6.45) is 1.45. The Hall–Kier alpha value is -2.87. The molecule has 1 fully saturated rings. The van der Waals surface area contributed by atoms with Crippen molar-refractivity contribution in [2.24, 2.45) is 0 Å². The standard InChI is InChI=1S/C21H25N3O4S/c1-2-24(29(27,28)19-7-4-3-5-8-19)18-12-10-17(11-13-18)21(26)22-14-16-23-15-6-9-20(23)25/h3-5,7-8,10-13H,2,6,9,14-16H2,1H3,(H,22,26). The largest absolute Gasteiger partial charge is 0.350 e. The average Bonchev–Trinajstić information content (AvgIpc) is 3.14. The zero-order valence-corrected chi connectivity index (χ0v) is 17.2. The van der Waals surface area contributed by atoms with E-state index in [0.29, 0.717) is 30.8 Å². The van der Waals surface area contributed by atoms with Crippen molar-refractivity contribution >= 4 is 27.5 Å². The minimum atomic E-state index is -3.67. The van der Waals surface area contributed by atoms with Gasteiger partial charge in [0.05, 0.1) is 10.6 Å². The highest BCUT2D eigenvalue weighted by Gasteiger charge is 2.23. The molecule has 0 unspecified atom stereocenters. The van der Waals surface area contributed by atoms with E-state index in [9.17, 15) is 18.0 Å². The lowest BCUT2D eigenvalue weighted by molar-refractivity contribution is -0.127. The van der Waals surface area contributed by atoms with Gasteiger partial charge in [0, 0.05) is 38.2 Å². The third-order valence-electron chi connectivity index (χ3n) is 4.87. The smallest absolute Gasteiger partial charge is 0.264 e. The molecule has 0 saturated carbocycles. The predicted octanol–water partition coefficient (Wildman–Crippen LogP) is 2.25. The number of sulfonamides is 1. The number of nitrogens with zero attached hydrogens (tertiary/aromatic N) is 2. The molecule has 3 rings (SSSR count). The van der Waals surface area contributed by atoms with Gasteiger partial charge in [-0.05, 0) is 49.7 Å². The van der Waals surface area contributed by atoms with Crippen LogP contribution in [0.15, 0.2) is 59.5 Å². The summed E-state index contributed by atoms with van der Waals surface area (Å²) in [6, 6.07) is 14.7. The van der Waals surface area contributed by atoms with Gasteiger partial charge < -0.3 is 10.2 Å². The molecule has 1 N–H and O–H groups in total. The van der Waals surface area contributed by atoms with Gasteiger partial charge in [-0.3, -0.25) is 13.9 Å². The van der Waals surface area contributed by atoms with Crippen LogP contribution in [0.5, 0.6) is 0 Å². The number of hydrogen-bond donors (Lipinski definition) is 1. The normalized spacial score (nSPS) is 14.1. The minimum absolute atomic E-state index is 0.128. The molecule has 1 aliphatic heterocycles. The second-order valence-corrected chi connectivity index (χ2v) is 8.63. The van der Waals surface area contributed by atoms with Crippen molar-refractivity contribution in [3.8, 4) is 0 Å². The van der Waals surface area contributed by atoms with E-state index in [2.05, 4.69) is 5.32 Å². The summed E-state index contributed by atoms with van der Waals surface area (Å²) in [6.45, 7) is 3.66. The fraction of sp³-hybridized carbons (Fsp3) is 0.333. The van der Waals surface area contributed by atoms with Gasteiger partial charge in [-0.25, -0.2) is 8.42 Å². The second-order valence-electron chi connectivity index (χ2n) is 6.77. The van der Waals surface area contributed by atoms with Crippen molar-refractivity contribution in [2.45, 2.75) is 24.7 Å². The van der Waals surface area contributed by atoms with Crippen LogP contribution < -0.4 is 9.62 Å². The Balaban J connectivity index is 1.65. The first kappa shape index (κ1) is 20.9. The number of hydrogen-bond acceptors (Lipinski definition) is 4. The zero-order valence-electron chi connectivity index (χ0n) is 16.4. The van der Waals surface area contributed by atoms with E-state index in [4.69, 9.17) is 0 Å². The molecule has 0 aromatic heterocycles. The van der Waals surface area contributed by atoms with E-state index in [-0.39, 0.29) is 23.3 Å². The molecule has 2 aromatic rings. The molecule has 8 heteroatoms. The molecule has 0 spiro atoms. The lowest BCUT2D eigenvalue weighted by Crippen LogP contribution is -2.35. The Bertz CT molecular complexity index is 959. The summed E-state index contributed by atoms with van der Waals surface area (Å²) >= 11 is 0. The molecule has 154 valence electrons. The minimum Gasteiger partial charge on any atom is -0.350 e. The molecule has 0 aliphatic carbocycles. The molecule has 29 heavy (non-hydrogen) atoms. The molecular weight excluding hydrogens is 390 g/mol. The summed E-state index contributed by atoms with van der Waals surface area (Å²) < 4.78 is 27.1. The Kier molecular flexibility index (Phi) is 6.53. The molecule has 2 amide bonds. The first-order chi connectivity index (χ1) is 13.9. The molecule has 0 radical (unpaired) electrons. The highest BCUT2D eigenvalue weighted by molar-refractivity contribution is 7.92. The third-order valence-corrected chi connectivity index (χ3v) is 6.79. The highest BCUT2D eigenvalue weighted by atomic mass is 32.2. The molecule has 7 nitrogen and oxygen atoms in total. The van der Waals surface area contributed by atoms with Gasteiger partial charge >= 0.3 is 0 Å². The van der Waals surface area contributed by atoms with Gasteiger partial charge in [0.25, 0.3) is 15.9 Å². The number of nitrogens with one attached hydrogen (secondary N) is 1. The maximum absolute atomic E-state index is 12.9. The lowest BCUT2D eigenvalue weighted by Gasteiger charge is -2.23. The maximum atomic E-state index is 12.9. The van der Waals surface area contributed by atoms with Crippen LogP contribution in [0.4, 0.5) is 5.69 Å². The van der Waals surface area contributed by atoms with E-state index >= 15 is 0 Å². The van der Waals surface area contributed by atoms with Crippen LogP contribution in [0, 0.1) is 0 Å². The third kappa shape index (κ3) is 4.76. The fourth-order valence-electron chi connectivity index (χ4n) is 3.34. The van der Waals surface area contributed by atoms with Crippen molar-refractivity contribution in [3.63, 3.8) is 0 Å². The molecule has 1 saturated heterocycles. The van der Waals surface area contributed by atoms with E-state index < -0.39 is 10.0 Å². The van der Waals surface area contributed by atoms with Crippen molar-refractivity contribution in [3.05, 3.63) is 60.2 Å². The number of carbonyl (C=O) groups is 2. The summed E-state index contributed by atoms with van der Waals surface area (Å²) in [5, 5.41) is 2.80. The fourth-order valence-corrected chi connectivity index (χ4v) is 4.83. The van der Waals surface area contributed by atoms with Crippen LogP contribution in [0.25, 0.3) is 0 Å². The molecule has 1 heterocycles. The molecule has 1 aliphatic rings. The quantitative estimate of drug-likeness (QED) is 0.716. The average molecular weight is 416 g/mol. The predicted molar refractivity (Wildman–Crippen MR) is 111 cm³/mol. The number of likely N-dealkylation sites (tertiary alicyclic amines) is 1. The van der Waals surface area contributed by atoms with Crippen LogP contribution in [0.1, 0.15) is 30.1 Å². The number of anilines is 1. The summed E-state index contributed by atoms with van der Waals surface area (Å²) in [7, 11) is -3.67. The van der Waals surface area contributed by atoms with Crippen molar-refractivity contribution in [2.75, 3.05) is 30.5 Å². The van der Waals surface area contributed by atoms with Crippen LogP contribution in [0.2, 0.25) is 0 Å². The van der Waals surface area contributed by atoms with E-state index in [1.807, 2.05) is 0 Å². The second kappa shape index (κ2) is 9.09. The molecule has 0 bridgehead atoms. The topological polar surface area (TPSA) is 86.8 Å². The van der Waals surface area contributed by atoms with Gasteiger partial charge in [-0.1, -0.05) is 18.2 Å². The summed E-state index contributed by atoms with van der Waals surface area (Å²) in [4.78, 5) is 25.9. The highest BCUT2D eigenvalue weighted by Crippen LogP contribution is 2.23. The Morgan fingerprint density at radius 1 is 1.10 bits per heavy atom. The van der Waals surface area contributed by atoms with Crippen LogP contribution >= 0.6 is 0 Å². The SMILES string of the molecule is CCN(c1ccc(C(=O)NCCN2CCCC2=O)cc1)S(=O)(=O)c1ccccc1. The molecule has 2 aromatic carbocycles. The first-order valence-corrected chi connectivity index (χ1v) is 11.1. The van der Waals surface area contributed by atoms with Crippen molar-refractivity contribution in [1.29, 1.82) is 0 Å². The summed E-state index contributed by atoms with van der Waals surface area (Å²) in [5.41, 5.74) is 0.935. The van der Waals surface area contributed by atoms with Gasteiger partial charge in [-0.2, -0.15) is 0 Å². The lowest BCUT2D eigenvalue weighted by atomic mass is 10.2. The van der Waals surface area contributed by atoms with Gasteiger partial charge in [0.15, 0.2) is 0 Å². The Morgan fingerprint density at radius 3 is 2.38 bits per heavy atom. The van der Waals surface area contributed by atoms with Crippen LogP contribution in [-0.4, -0.2) is 51.3 Å². The van der Waals surface area contributed by atoms with Crippen LogP contribution in [0.3, 0.4) is 0 Å². The maximum Gasteiger partial charge on any atom is 0.264 e. The van der Waals surface area contributed by atoms with Gasteiger partial charge in [-0.15, -0.1) is 0 Å². The number of carbonyl (C=O) groups excluding carboxylic acids is 2. The van der Waals surface area contributed by atoms with E-state index in [1.54, 1.807) is 66.4 Å². The van der Waals surface area contributed by atoms with Crippen molar-refractivity contribution in [1.82, 2.24) is 10.2 Å². The van der Waals surface area contributed by atoms with Crippen molar-refractivity contribution < 1.29 is 18.0 Å². The zero-order chi connectivity index (χ0) is 20.9. The molecular formula is C21H25N3O4S. The van der Waals surface area contributed by atoms with Gasteiger partial charge in [0.1, 0.15) is 0 Å². The van der Waals surface area contributed by atoms with E-state index in [1.165, 1.54) is 4.31 Å². The van der Waals surface area contributed by atoms with E-state index in [0.717, 1.165) is 13.0 Å².